The maximum atomic E-state index is 12.4. The molecule has 0 spiro atoms. The van der Waals surface area contributed by atoms with Crippen LogP contribution in [0, 0.1) is 6.92 Å². The number of hydrogen-bond donors (Lipinski definition) is 1. The van der Waals surface area contributed by atoms with Gasteiger partial charge in [-0.05, 0) is 38.2 Å². The molecule has 0 unspecified atom stereocenters. The van der Waals surface area contributed by atoms with Crippen LogP contribution in [0.4, 0.5) is 0 Å². The van der Waals surface area contributed by atoms with Crippen LogP contribution >= 0.6 is 0 Å². The van der Waals surface area contributed by atoms with Crippen molar-refractivity contribution in [1.29, 1.82) is 0 Å². The molecule has 1 N–H and O–H groups in total. The Kier molecular flexibility index (Phi) is 5.73. The van der Waals surface area contributed by atoms with Gasteiger partial charge in [0.25, 0.3) is 5.91 Å². The summed E-state index contributed by atoms with van der Waals surface area (Å²) in [5.74, 6) is 1.95. The molecule has 0 aliphatic carbocycles. The van der Waals surface area contributed by atoms with Gasteiger partial charge in [-0.2, -0.15) is 0 Å². The van der Waals surface area contributed by atoms with Gasteiger partial charge in [0.2, 0.25) is 0 Å². The molecule has 0 saturated carbocycles. The van der Waals surface area contributed by atoms with E-state index in [4.69, 9.17) is 8.83 Å². The van der Waals surface area contributed by atoms with E-state index in [-0.39, 0.29) is 5.91 Å². The maximum absolute atomic E-state index is 12.4. The average Bonchev–Trinajstić information content (AvgIpc) is 3.22. The minimum absolute atomic E-state index is 0.131. The average molecular weight is 355 g/mol. The van der Waals surface area contributed by atoms with E-state index in [1.165, 1.54) is 0 Å². The zero-order valence-corrected chi connectivity index (χ0v) is 15.5. The highest BCUT2D eigenvalue weighted by molar-refractivity contribution is 5.95. The van der Waals surface area contributed by atoms with Crippen molar-refractivity contribution in [2.24, 2.45) is 0 Å². The molecule has 1 amide bonds. The molecular formula is C20H25N3O3. The van der Waals surface area contributed by atoms with Crippen LogP contribution < -0.4 is 5.32 Å². The quantitative estimate of drug-likeness (QED) is 0.669. The van der Waals surface area contributed by atoms with Crippen molar-refractivity contribution in [3.05, 3.63) is 53.3 Å². The highest BCUT2D eigenvalue weighted by Gasteiger charge is 2.16. The predicted octanol–water partition coefficient (Wildman–Crippen LogP) is 3.54. The number of carbonyl (C=O) groups excluding carboxylic acids is 1. The first-order valence-corrected chi connectivity index (χ1v) is 9.05. The molecule has 6 nitrogen and oxygen atoms in total. The number of amides is 1. The number of rotatable bonds is 8. The second-order valence-corrected chi connectivity index (χ2v) is 6.23. The molecule has 0 atom stereocenters. The number of fused-ring (bicyclic) bond motifs is 1. The van der Waals surface area contributed by atoms with Crippen molar-refractivity contribution in [2.75, 3.05) is 19.6 Å². The molecule has 2 heterocycles. The Morgan fingerprint density at radius 2 is 1.96 bits per heavy atom. The molecule has 26 heavy (non-hydrogen) atoms. The van der Waals surface area contributed by atoms with Crippen molar-refractivity contribution >= 4 is 17.0 Å². The Morgan fingerprint density at radius 1 is 1.19 bits per heavy atom. The van der Waals surface area contributed by atoms with Crippen molar-refractivity contribution in [1.82, 2.24) is 15.2 Å². The van der Waals surface area contributed by atoms with Crippen LogP contribution in [0.15, 0.2) is 39.2 Å². The van der Waals surface area contributed by atoms with Gasteiger partial charge in [0.05, 0.1) is 12.1 Å². The Hall–Kier alpha value is -2.60. The van der Waals surface area contributed by atoms with Crippen molar-refractivity contribution < 1.29 is 13.6 Å². The van der Waals surface area contributed by atoms with E-state index >= 15 is 0 Å². The molecule has 0 bridgehead atoms. The second kappa shape index (κ2) is 8.19. The van der Waals surface area contributed by atoms with E-state index in [1.54, 1.807) is 0 Å². The maximum Gasteiger partial charge on any atom is 0.254 e. The van der Waals surface area contributed by atoms with E-state index < -0.39 is 0 Å². The standard InChI is InChI=1S/C20H25N3O3/c1-4-23(5-2)13-15-12-16(14(3)25-15)20(24)21-11-10-19-22-17-8-6-7-9-18(17)26-19/h6-9,12H,4-5,10-11,13H2,1-3H3,(H,21,24). The highest BCUT2D eigenvalue weighted by atomic mass is 16.3. The van der Waals surface area contributed by atoms with Gasteiger partial charge in [0, 0.05) is 13.0 Å². The minimum atomic E-state index is -0.131. The van der Waals surface area contributed by atoms with Crippen LogP contribution in [0.1, 0.15) is 41.6 Å². The Bertz CT molecular complexity index is 844. The summed E-state index contributed by atoms with van der Waals surface area (Å²) >= 11 is 0. The number of nitrogens with one attached hydrogen (secondary N) is 1. The first-order valence-electron chi connectivity index (χ1n) is 9.05. The number of hydrogen-bond acceptors (Lipinski definition) is 5. The number of aromatic nitrogens is 1. The summed E-state index contributed by atoms with van der Waals surface area (Å²) in [6.07, 6.45) is 0.545. The fourth-order valence-corrected chi connectivity index (χ4v) is 2.92. The second-order valence-electron chi connectivity index (χ2n) is 6.23. The molecule has 6 heteroatoms. The molecule has 0 fully saturated rings. The van der Waals surface area contributed by atoms with Gasteiger partial charge in [-0.1, -0.05) is 26.0 Å². The molecule has 2 aromatic heterocycles. The van der Waals surface area contributed by atoms with Gasteiger partial charge in [-0.15, -0.1) is 0 Å². The normalized spacial score (nSPS) is 11.4. The summed E-state index contributed by atoms with van der Waals surface area (Å²) < 4.78 is 11.4. The van der Waals surface area contributed by atoms with Gasteiger partial charge >= 0.3 is 0 Å². The first kappa shape index (κ1) is 18.2. The minimum Gasteiger partial charge on any atom is -0.464 e. The predicted molar refractivity (Wildman–Crippen MR) is 100 cm³/mol. The van der Waals surface area contributed by atoms with E-state index in [2.05, 4.69) is 29.0 Å². The van der Waals surface area contributed by atoms with E-state index in [0.29, 0.717) is 36.7 Å². The molecular weight excluding hydrogens is 330 g/mol. The Balaban J connectivity index is 1.57. The van der Waals surface area contributed by atoms with Crippen LogP contribution in [-0.2, 0) is 13.0 Å². The lowest BCUT2D eigenvalue weighted by Gasteiger charge is -2.15. The van der Waals surface area contributed by atoms with Gasteiger partial charge < -0.3 is 14.2 Å². The summed E-state index contributed by atoms with van der Waals surface area (Å²) in [4.78, 5) is 19.1. The van der Waals surface area contributed by atoms with Gasteiger partial charge in [0.15, 0.2) is 11.5 Å². The fourth-order valence-electron chi connectivity index (χ4n) is 2.92. The summed E-state index contributed by atoms with van der Waals surface area (Å²) in [7, 11) is 0. The first-order chi connectivity index (χ1) is 12.6. The lowest BCUT2D eigenvalue weighted by atomic mass is 10.2. The number of oxazole rings is 1. The number of furan rings is 1. The van der Waals surface area contributed by atoms with Crippen LogP contribution in [0.5, 0.6) is 0 Å². The van der Waals surface area contributed by atoms with Crippen LogP contribution in [0.25, 0.3) is 11.1 Å². The number of para-hydroxylation sites is 2. The summed E-state index contributed by atoms with van der Waals surface area (Å²) in [6, 6.07) is 9.47. The summed E-state index contributed by atoms with van der Waals surface area (Å²) in [6.45, 7) is 9.11. The molecule has 0 radical (unpaired) electrons. The molecule has 0 saturated heterocycles. The van der Waals surface area contributed by atoms with E-state index in [9.17, 15) is 4.79 Å². The smallest absolute Gasteiger partial charge is 0.254 e. The van der Waals surface area contributed by atoms with Gasteiger partial charge in [-0.3, -0.25) is 9.69 Å². The number of benzene rings is 1. The van der Waals surface area contributed by atoms with Gasteiger partial charge in [0.1, 0.15) is 17.0 Å². The van der Waals surface area contributed by atoms with Crippen molar-refractivity contribution in [3.8, 4) is 0 Å². The largest absolute Gasteiger partial charge is 0.464 e. The number of carbonyl (C=O) groups is 1. The lowest BCUT2D eigenvalue weighted by Crippen LogP contribution is -2.26. The van der Waals surface area contributed by atoms with Crippen molar-refractivity contribution in [2.45, 2.75) is 33.7 Å². The van der Waals surface area contributed by atoms with Crippen molar-refractivity contribution in [3.63, 3.8) is 0 Å². The highest BCUT2D eigenvalue weighted by Crippen LogP contribution is 2.17. The topological polar surface area (TPSA) is 71.5 Å². The zero-order chi connectivity index (χ0) is 18.5. The Labute approximate surface area is 153 Å². The van der Waals surface area contributed by atoms with Crippen LogP contribution in [0.2, 0.25) is 0 Å². The molecule has 3 aromatic rings. The molecule has 1 aromatic carbocycles. The third-order valence-corrected chi connectivity index (χ3v) is 4.45. The van der Waals surface area contributed by atoms with E-state index in [1.807, 2.05) is 37.3 Å². The SMILES string of the molecule is CCN(CC)Cc1cc(C(=O)NCCc2nc3ccccc3o2)c(C)o1. The van der Waals surface area contributed by atoms with E-state index in [0.717, 1.165) is 29.9 Å². The van der Waals surface area contributed by atoms with Gasteiger partial charge in [-0.25, -0.2) is 4.98 Å². The Morgan fingerprint density at radius 3 is 2.69 bits per heavy atom. The number of nitrogens with zero attached hydrogens (tertiary/aromatic N) is 2. The molecule has 3 rings (SSSR count). The fraction of sp³-hybridized carbons (Fsp3) is 0.400. The third-order valence-electron chi connectivity index (χ3n) is 4.45. The summed E-state index contributed by atoms with van der Waals surface area (Å²) in [5.41, 5.74) is 2.19. The monoisotopic (exact) mass is 355 g/mol. The lowest BCUT2D eigenvalue weighted by molar-refractivity contribution is 0.0952. The molecule has 0 aliphatic heterocycles. The van der Waals surface area contributed by atoms with Crippen LogP contribution in [0.3, 0.4) is 0 Å². The van der Waals surface area contributed by atoms with Crippen LogP contribution in [-0.4, -0.2) is 35.4 Å². The number of aryl methyl sites for hydroxylation is 1. The zero-order valence-electron chi connectivity index (χ0n) is 15.5. The summed E-state index contributed by atoms with van der Waals surface area (Å²) in [5, 5.41) is 2.91. The molecule has 138 valence electrons. The third kappa shape index (κ3) is 4.14. The molecule has 0 aliphatic rings.